The van der Waals surface area contributed by atoms with Crippen molar-refractivity contribution in [1.29, 1.82) is 0 Å². The molecular weight excluding hydrogens is 192 g/mol. The van der Waals surface area contributed by atoms with Gasteiger partial charge in [0, 0.05) is 11.1 Å². The highest BCUT2D eigenvalue weighted by molar-refractivity contribution is 6.01. The monoisotopic (exact) mass is 204 g/mol. The van der Waals surface area contributed by atoms with E-state index in [1.54, 1.807) is 18.2 Å². The second-order valence-electron chi connectivity index (χ2n) is 3.77. The quantitative estimate of drug-likeness (QED) is 0.761. The van der Waals surface area contributed by atoms with E-state index in [0.717, 1.165) is 18.4 Å². The summed E-state index contributed by atoms with van der Waals surface area (Å²) in [7, 11) is 0. The van der Waals surface area contributed by atoms with Gasteiger partial charge in [0.05, 0.1) is 0 Å². The molecule has 1 aliphatic carbocycles. The molecule has 1 saturated carbocycles. The number of primary amides is 2. The smallest absolute Gasteiger partial charge is 0.249 e. The van der Waals surface area contributed by atoms with Gasteiger partial charge in [-0.3, -0.25) is 9.59 Å². The first kappa shape index (κ1) is 9.71. The van der Waals surface area contributed by atoms with E-state index in [1.807, 2.05) is 0 Å². The van der Waals surface area contributed by atoms with Crippen molar-refractivity contribution in [3.05, 3.63) is 34.9 Å². The minimum absolute atomic E-state index is 0.274. The highest BCUT2D eigenvalue weighted by Gasteiger charge is 2.31. The lowest BCUT2D eigenvalue weighted by Crippen LogP contribution is -2.19. The van der Waals surface area contributed by atoms with Crippen LogP contribution in [0.5, 0.6) is 0 Å². The Hall–Kier alpha value is -1.84. The van der Waals surface area contributed by atoms with Gasteiger partial charge in [0.1, 0.15) is 0 Å². The number of hydrogen-bond donors (Lipinski definition) is 2. The molecule has 1 aliphatic rings. The predicted molar refractivity (Wildman–Crippen MR) is 55.5 cm³/mol. The Labute approximate surface area is 87.3 Å². The van der Waals surface area contributed by atoms with Crippen LogP contribution in [-0.4, -0.2) is 11.8 Å². The van der Waals surface area contributed by atoms with E-state index in [1.165, 1.54) is 0 Å². The van der Waals surface area contributed by atoms with Crippen LogP contribution in [0.2, 0.25) is 0 Å². The molecule has 4 nitrogen and oxygen atoms in total. The highest BCUT2D eigenvalue weighted by atomic mass is 16.1. The van der Waals surface area contributed by atoms with Gasteiger partial charge < -0.3 is 11.5 Å². The minimum Gasteiger partial charge on any atom is -0.366 e. The van der Waals surface area contributed by atoms with Crippen LogP contribution in [0.1, 0.15) is 45.0 Å². The normalized spacial score (nSPS) is 14.9. The molecule has 0 unspecified atom stereocenters. The van der Waals surface area contributed by atoms with Gasteiger partial charge >= 0.3 is 0 Å². The summed E-state index contributed by atoms with van der Waals surface area (Å²) in [6.07, 6.45) is 1.98. The molecule has 0 bridgehead atoms. The number of nitrogens with two attached hydrogens (primary N) is 2. The molecule has 0 saturated heterocycles. The molecule has 15 heavy (non-hydrogen) atoms. The average molecular weight is 204 g/mol. The van der Waals surface area contributed by atoms with Crippen LogP contribution in [0.15, 0.2) is 18.2 Å². The van der Waals surface area contributed by atoms with Gasteiger partial charge in [-0.2, -0.15) is 0 Å². The molecule has 2 rings (SSSR count). The summed E-state index contributed by atoms with van der Waals surface area (Å²) >= 11 is 0. The second kappa shape index (κ2) is 3.38. The lowest BCUT2D eigenvalue weighted by atomic mass is 9.96. The summed E-state index contributed by atoms with van der Waals surface area (Å²) in [6, 6.07) is 4.91. The highest BCUT2D eigenvalue weighted by Crippen LogP contribution is 2.43. The number of carbonyl (C=O) groups excluding carboxylic acids is 2. The van der Waals surface area contributed by atoms with Crippen molar-refractivity contribution >= 4 is 11.8 Å². The fourth-order valence-corrected chi connectivity index (χ4v) is 1.81. The first-order valence-electron chi connectivity index (χ1n) is 4.83. The van der Waals surface area contributed by atoms with Crippen LogP contribution in [0, 0.1) is 0 Å². The van der Waals surface area contributed by atoms with Crippen LogP contribution >= 0.6 is 0 Å². The molecule has 1 aromatic rings. The Morgan fingerprint density at radius 1 is 1.07 bits per heavy atom. The van der Waals surface area contributed by atoms with Gasteiger partial charge in [-0.25, -0.2) is 0 Å². The lowest BCUT2D eigenvalue weighted by Gasteiger charge is -2.09. The first-order chi connectivity index (χ1) is 7.11. The first-order valence-corrected chi connectivity index (χ1v) is 4.83. The number of benzene rings is 1. The Morgan fingerprint density at radius 3 is 1.87 bits per heavy atom. The van der Waals surface area contributed by atoms with Gasteiger partial charge in [0.25, 0.3) is 0 Å². The maximum Gasteiger partial charge on any atom is 0.249 e. The Kier molecular flexibility index (Phi) is 2.19. The molecule has 1 aromatic carbocycles. The SMILES string of the molecule is NC(=O)c1cccc(C(N)=O)c1C1CC1. The van der Waals surface area contributed by atoms with Crippen LogP contribution in [0.3, 0.4) is 0 Å². The van der Waals surface area contributed by atoms with Crippen molar-refractivity contribution in [3.63, 3.8) is 0 Å². The molecule has 0 radical (unpaired) electrons. The van der Waals surface area contributed by atoms with E-state index in [4.69, 9.17) is 11.5 Å². The third-order valence-electron chi connectivity index (χ3n) is 2.62. The topological polar surface area (TPSA) is 86.2 Å². The van der Waals surface area contributed by atoms with Crippen molar-refractivity contribution in [2.75, 3.05) is 0 Å². The third-order valence-corrected chi connectivity index (χ3v) is 2.62. The maximum atomic E-state index is 11.2. The van der Waals surface area contributed by atoms with E-state index in [9.17, 15) is 9.59 Å². The minimum atomic E-state index is -0.500. The molecular formula is C11H12N2O2. The number of carbonyl (C=O) groups is 2. The van der Waals surface area contributed by atoms with Crippen LogP contribution in [-0.2, 0) is 0 Å². The summed E-state index contributed by atoms with van der Waals surface area (Å²) in [6.45, 7) is 0. The van der Waals surface area contributed by atoms with Crippen molar-refractivity contribution in [2.24, 2.45) is 11.5 Å². The van der Waals surface area contributed by atoms with Crippen molar-refractivity contribution in [2.45, 2.75) is 18.8 Å². The van der Waals surface area contributed by atoms with E-state index in [0.29, 0.717) is 11.1 Å². The summed E-state index contributed by atoms with van der Waals surface area (Å²) in [4.78, 5) is 22.4. The lowest BCUT2D eigenvalue weighted by molar-refractivity contribution is 0.0999. The fourth-order valence-electron chi connectivity index (χ4n) is 1.81. The number of amides is 2. The van der Waals surface area contributed by atoms with Gasteiger partial charge in [0.15, 0.2) is 0 Å². The fraction of sp³-hybridized carbons (Fsp3) is 0.273. The summed E-state index contributed by atoms with van der Waals surface area (Å²) in [5, 5.41) is 0. The average Bonchev–Trinajstić information content (AvgIpc) is 2.99. The zero-order valence-electron chi connectivity index (χ0n) is 8.19. The van der Waals surface area contributed by atoms with Crippen molar-refractivity contribution < 1.29 is 9.59 Å². The molecule has 0 aliphatic heterocycles. The Balaban J connectivity index is 2.60. The van der Waals surface area contributed by atoms with E-state index < -0.39 is 11.8 Å². The van der Waals surface area contributed by atoms with Crippen molar-refractivity contribution in [1.82, 2.24) is 0 Å². The molecule has 0 spiro atoms. The molecule has 2 amide bonds. The third kappa shape index (κ3) is 1.70. The van der Waals surface area contributed by atoms with Gasteiger partial charge in [-0.15, -0.1) is 0 Å². The van der Waals surface area contributed by atoms with Crippen LogP contribution in [0.4, 0.5) is 0 Å². The summed E-state index contributed by atoms with van der Waals surface area (Å²) < 4.78 is 0. The molecule has 4 N–H and O–H groups in total. The van der Waals surface area contributed by atoms with E-state index in [-0.39, 0.29) is 5.92 Å². The summed E-state index contributed by atoms with van der Waals surface area (Å²) in [5.41, 5.74) is 12.1. The van der Waals surface area contributed by atoms with Crippen LogP contribution in [0.25, 0.3) is 0 Å². The van der Waals surface area contributed by atoms with E-state index in [2.05, 4.69) is 0 Å². The van der Waals surface area contributed by atoms with Gasteiger partial charge in [-0.05, 0) is 36.5 Å². The van der Waals surface area contributed by atoms with E-state index >= 15 is 0 Å². The summed E-state index contributed by atoms with van der Waals surface area (Å²) in [5.74, 6) is -0.726. The molecule has 78 valence electrons. The van der Waals surface area contributed by atoms with Crippen LogP contribution < -0.4 is 11.5 Å². The second-order valence-corrected chi connectivity index (χ2v) is 3.77. The standard InChI is InChI=1S/C11H12N2O2/c12-10(14)7-2-1-3-8(11(13)15)9(7)6-4-5-6/h1-3,6H,4-5H2,(H2,12,14)(H2,13,15). The van der Waals surface area contributed by atoms with Gasteiger partial charge in [-0.1, -0.05) is 6.07 Å². The van der Waals surface area contributed by atoms with Crippen molar-refractivity contribution in [3.8, 4) is 0 Å². The Morgan fingerprint density at radius 2 is 1.53 bits per heavy atom. The molecule has 0 heterocycles. The zero-order chi connectivity index (χ0) is 11.0. The Bertz CT molecular complexity index is 404. The predicted octanol–water partition coefficient (Wildman–Crippen LogP) is 0.762. The maximum absolute atomic E-state index is 11.2. The molecule has 1 fully saturated rings. The molecule has 0 aromatic heterocycles. The number of hydrogen-bond acceptors (Lipinski definition) is 2. The number of rotatable bonds is 3. The largest absolute Gasteiger partial charge is 0.366 e. The molecule has 0 atom stereocenters. The van der Waals surface area contributed by atoms with Gasteiger partial charge in [0.2, 0.25) is 11.8 Å². The molecule has 4 heteroatoms. The zero-order valence-corrected chi connectivity index (χ0v) is 8.19.